The summed E-state index contributed by atoms with van der Waals surface area (Å²) in [5.74, 6) is 0. The van der Waals surface area contributed by atoms with Crippen LogP contribution in [0.2, 0.25) is 0 Å². The second-order valence-corrected chi connectivity index (χ2v) is 1.48. The Balaban J connectivity index is 3.74. The van der Waals surface area contributed by atoms with Gasteiger partial charge in [-0.25, -0.2) is 0 Å². The zero-order valence-corrected chi connectivity index (χ0v) is 5.39. The van der Waals surface area contributed by atoms with E-state index in [1.165, 1.54) is 0 Å². The van der Waals surface area contributed by atoms with Crippen LogP contribution >= 0.6 is 0 Å². The average Bonchev–Trinajstić information content (AvgIpc) is 1.83. The molecule has 0 saturated heterocycles. The number of rotatable bonds is 2. The summed E-state index contributed by atoms with van der Waals surface area (Å²) in [6.07, 6.45) is 5.28. The summed E-state index contributed by atoms with van der Waals surface area (Å²) in [6, 6.07) is 0. The fourth-order valence-corrected chi connectivity index (χ4v) is 0.245. The minimum atomic E-state index is 1.09. The fraction of sp³-hybridized carbons (Fsp3) is 0.286. The van der Waals surface area contributed by atoms with Crippen LogP contribution in [0.5, 0.6) is 0 Å². The Kier molecular flexibility index (Phi) is 3.85. The maximum Gasteiger partial charge on any atom is 0.0292 e. The lowest BCUT2D eigenvalue weighted by molar-refractivity contribution is 1.44. The van der Waals surface area contributed by atoms with Crippen LogP contribution in [-0.4, -0.2) is 6.21 Å². The Bertz CT molecular complexity index is 120. The van der Waals surface area contributed by atoms with Crippen molar-refractivity contribution in [2.75, 3.05) is 0 Å². The van der Waals surface area contributed by atoms with E-state index in [9.17, 15) is 0 Å². The smallest absolute Gasteiger partial charge is 0.0292 e. The van der Waals surface area contributed by atoms with Crippen molar-refractivity contribution in [2.45, 2.75) is 13.8 Å². The summed E-state index contributed by atoms with van der Waals surface area (Å²) in [5.41, 5.74) is 1.09. The molecule has 0 rings (SSSR count). The zero-order valence-electron chi connectivity index (χ0n) is 5.39. The Labute approximate surface area is 50.4 Å². The number of aliphatic imine (C=N–C) groups is 1. The van der Waals surface area contributed by atoms with Gasteiger partial charge in [0.15, 0.2) is 0 Å². The predicted molar refractivity (Wildman–Crippen MR) is 38.1 cm³/mol. The molecule has 0 aromatic rings. The molecular weight excluding hydrogens is 98.1 g/mol. The van der Waals surface area contributed by atoms with Gasteiger partial charge in [-0.15, -0.1) is 0 Å². The Morgan fingerprint density at radius 3 is 2.62 bits per heavy atom. The number of hydrogen-bond acceptors (Lipinski definition) is 1. The predicted octanol–water partition coefficient (Wildman–Crippen LogP) is 2.17. The number of hydrogen-bond donors (Lipinski definition) is 0. The van der Waals surface area contributed by atoms with Crippen LogP contribution in [0, 0.1) is 0 Å². The quantitative estimate of drug-likeness (QED) is 0.380. The standard InChI is InChI=1S/C7H11N/c1-4-7(3)6-8-5-2/h4-6H,1H2,2-3H3/b7-6-,8-5-. The first kappa shape index (κ1) is 7.15. The molecule has 0 aliphatic rings. The molecule has 0 bridgehead atoms. The van der Waals surface area contributed by atoms with Gasteiger partial charge in [-0.05, 0) is 19.4 Å². The lowest BCUT2D eigenvalue weighted by Gasteiger charge is -1.81. The van der Waals surface area contributed by atoms with Gasteiger partial charge in [-0.3, -0.25) is 4.99 Å². The number of nitrogens with zero attached hydrogens (tertiary/aromatic N) is 1. The Morgan fingerprint density at radius 2 is 2.25 bits per heavy atom. The summed E-state index contributed by atoms with van der Waals surface area (Å²) >= 11 is 0. The third kappa shape index (κ3) is 3.34. The van der Waals surface area contributed by atoms with E-state index in [2.05, 4.69) is 11.6 Å². The minimum Gasteiger partial charge on any atom is -0.269 e. The van der Waals surface area contributed by atoms with Crippen LogP contribution in [0.15, 0.2) is 29.4 Å². The molecule has 0 aliphatic heterocycles. The summed E-state index contributed by atoms with van der Waals surface area (Å²) in [7, 11) is 0. The molecule has 0 atom stereocenters. The molecule has 1 heteroatoms. The maximum absolute atomic E-state index is 3.88. The van der Waals surface area contributed by atoms with Gasteiger partial charge in [-0.1, -0.05) is 12.7 Å². The highest BCUT2D eigenvalue weighted by Gasteiger charge is 1.71. The largest absolute Gasteiger partial charge is 0.269 e. The molecule has 0 aromatic carbocycles. The van der Waals surface area contributed by atoms with E-state index >= 15 is 0 Å². The van der Waals surface area contributed by atoms with Crippen molar-refractivity contribution in [3.63, 3.8) is 0 Å². The third-order valence-corrected chi connectivity index (χ3v) is 0.749. The van der Waals surface area contributed by atoms with Gasteiger partial charge < -0.3 is 0 Å². The molecule has 0 radical (unpaired) electrons. The van der Waals surface area contributed by atoms with Crippen LogP contribution in [0.25, 0.3) is 0 Å². The molecule has 44 valence electrons. The van der Waals surface area contributed by atoms with Crippen LogP contribution < -0.4 is 0 Å². The Morgan fingerprint density at radius 1 is 1.62 bits per heavy atom. The van der Waals surface area contributed by atoms with Crippen molar-refractivity contribution in [1.82, 2.24) is 0 Å². The van der Waals surface area contributed by atoms with Gasteiger partial charge >= 0.3 is 0 Å². The van der Waals surface area contributed by atoms with E-state index < -0.39 is 0 Å². The SMILES string of the molecule is C=C/C(C)=C\N=C/C. The summed E-state index contributed by atoms with van der Waals surface area (Å²) in [4.78, 5) is 3.88. The van der Waals surface area contributed by atoms with Crippen LogP contribution in [0.4, 0.5) is 0 Å². The van der Waals surface area contributed by atoms with E-state index in [1.807, 2.05) is 13.8 Å². The van der Waals surface area contributed by atoms with E-state index in [1.54, 1.807) is 18.5 Å². The zero-order chi connectivity index (χ0) is 6.41. The van der Waals surface area contributed by atoms with Gasteiger partial charge in [0.1, 0.15) is 0 Å². The van der Waals surface area contributed by atoms with Gasteiger partial charge in [0.2, 0.25) is 0 Å². The van der Waals surface area contributed by atoms with Crippen molar-refractivity contribution in [3.8, 4) is 0 Å². The van der Waals surface area contributed by atoms with Crippen LogP contribution in [0.3, 0.4) is 0 Å². The molecule has 0 aromatic heterocycles. The molecular formula is C7H11N. The van der Waals surface area contributed by atoms with Crippen molar-refractivity contribution in [3.05, 3.63) is 24.4 Å². The minimum absolute atomic E-state index is 1.09. The molecule has 0 saturated carbocycles. The monoisotopic (exact) mass is 109 g/mol. The normalized spacial score (nSPS) is 12.5. The Hall–Kier alpha value is -0.850. The van der Waals surface area contributed by atoms with Crippen molar-refractivity contribution >= 4 is 6.21 Å². The lowest BCUT2D eigenvalue weighted by atomic mass is 10.3. The molecule has 8 heavy (non-hydrogen) atoms. The topological polar surface area (TPSA) is 12.4 Å². The second kappa shape index (κ2) is 4.31. The summed E-state index contributed by atoms with van der Waals surface area (Å²) < 4.78 is 0. The van der Waals surface area contributed by atoms with Crippen LogP contribution in [0.1, 0.15) is 13.8 Å². The van der Waals surface area contributed by atoms with Gasteiger partial charge in [0.05, 0.1) is 0 Å². The molecule has 0 aliphatic carbocycles. The van der Waals surface area contributed by atoms with E-state index in [-0.39, 0.29) is 0 Å². The van der Waals surface area contributed by atoms with Crippen molar-refractivity contribution < 1.29 is 0 Å². The van der Waals surface area contributed by atoms with Gasteiger partial charge in [-0.2, -0.15) is 0 Å². The summed E-state index contributed by atoms with van der Waals surface area (Å²) in [6.45, 7) is 7.41. The first-order valence-corrected chi connectivity index (χ1v) is 2.58. The first-order chi connectivity index (χ1) is 3.81. The van der Waals surface area contributed by atoms with E-state index in [0.717, 1.165) is 5.57 Å². The first-order valence-electron chi connectivity index (χ1n) is 2.58. The maximum atomic E-state index is 3.88. The number of allylic oxidation sites excluding steroid dienone is 2. The lowest BCUT2D eigenvalue weighted by Crippen LogP contribution is -1.62. The fourth-order valence-electron chi connectivity index (χ4n) is 0.245. The average molecular weight is 109 g/mol. The summed E-state index contributed by atoms with van der Waals surface area (Å²) in [5, 5.41) is 0. The molecule has 0 amide bonds. The molecule has 0 heterocycles. The molecule has 0 unspecified atom stereocenters. The van der Waals surface area contributed by atoms with Gasteiger partial charge in [0, 0.05) is 12.4 Å². The molecule has 1 nitrogen and oxygen atoms in total. The highest BCUT2D eigenvalue weighted by atomic mass is 14.7. The van der Waals surface area contributed by atoms with Crippen molar-refractivity contribution in [2.24, 2.45) is 4.99 Å². The van der Waals surface area contributed by atoms with E-state index in [4.69, 9.17) is 0 Å². The van der Waals surface area contributed by atoms with Crippen LogP contribution in [-0.2, 0) is 0 Å². The second-order valence-electron chi connectivity index (χ2n) is 1.48. The molecule has 0 spiro atoms. The molecule has 0 fully saturated rings. The third-order valence-electron chi connectivity index (χ3n) is 0.749. The van der Waals surface area contributed by atoms with E-state index in [0.29, 0.717) is 0 Å². The highest BCUT2D eigenvalue weighted by Crippen LogP contribution is 1.90. The molecule has 0 N–H and O–H groups in total. The highest BCUT2D eigenvalue weighted by molar-refractivity contribution is 5.54. The van der Waals surface area contributed by atoms with Gasteiger partial charge in [0.25, 0.3) is 0 Å². The van der Waals surface area contributed by atoms with Crippen molar-refractivity contribution in [1.29, 1.82) is 0 Å².